The van der Waals surface area contributed by atoms with Crippen LogP contribution in [-0.4, -0.2) is 37.2 Å². The van der Waals surface area contributed by atoms with Crippen LogP contribution in [0.3, 0.4) is 0 Å². The van der Waals surface area contributed by atoms with Gasteiger partial charge in [-0.15, -0.1) is 0 Å². The van der Waals surface area contributed by atoms with Crippen molar-refractivity contribution in [1.82, 2.24) is 0 Å². The van der Waals surface area contributed by atoms with Crippen molar-refractivity contribution in [3.05, 3.63) is 134 Å². The van der Waals surface area contributed by atoms with Gasteiger partial charge in [0.15, 0.2) is 6.10 Å². The standard InChI is InChI=1S/C76H126O6/c1-4-7-10-13-16-19-22-25-27-29-31-32-33-34-35-36-37-38-39-40-41-42-43-44-45-47-48-51-54-57-60-63-66-69-75(78)81-72-73(71-80-74(77)68-65-62-59-56-53-50-24-21-18-15-12-9-6-3)82-76(79)70-67-64-61-58-55-52-49-46-30-28-26-23-20-17-14-11-8-5-2/h7,10,12,15-16,19-21,23-25,27-28,30-32,34-35,37-38,40-41,73H,4-6,8-9,11,13-14,17-18,22,26,29,33,36,39,42-72H2,1-3H3/b10-7-,15-12-,19-16-,23-20-,24-21-,27-25-,30-28-,32-31-,35-34-,38-37-,41-40-. The number of hydrogen-bond donors (Lipinski definition) is 0. The van der Waals surface area contributed by atoms with Gasteiger partial charge in [0.25, 0.3) is 0 Å². The lowest BCUT2D eigenvalue weighted by molar-refractivity contribution is -0.167. The summed E-state index contributed by atoms with van der Waals surface area (Å²) in [6.45, 7) is 6.44. The van der Waals surface area contributed by atoms with Crippen molar-refractivity contribution in [2.45, 2.75) is 316 Å². The van der Waals surface area contributed by atoms with E-state index in [0.717, 1.165) is 148 Å². The highest BCUT2D eigenvalue weighted by Gasteiger charge is 2.19. The van der Waals surface area contributed by atoms with E-state index in [-0.39, 0.29) is 31.1 Å². The molecule has 6 heteroatoms. The topological polar surface area (TPSA) is 78.9 Å². The fraction of sp³-hybridized carbons (Fsp3) is 0.671. The van der Waals surface area contributed by atoms with Crippen molar-refractivity contribution in [2.75, 3.05) is 13.2 Å². The summed E-state index contributed by atoms with van der Waals surface area (Å²) in [5, 5.41) is 0. The summed E-state index contributed by atoms with van der Waals surface area (Å²) in [7, 11) is 0. The van der Waals surface area contributed by atoms with Gasteiger partial charge < -0.3 is 14.2 Å². The predicted molar refractivity (Wildman–Crippen MR) is 357 cm³/mol. The Labute approximate surface area is 506 Å². The molecule has 0 rings (SSSR count). The van der Waals surface area contributed by atoms with Crippen molar-refractivity contribution >= 4 is 17.9 Å². The van der Waals surface area contributed by atoms with Crippen molar-refractivity contribution in [3.63, 3.8) is 0 Å². The summed E-state index contributed by atoms with van der Waals surface area (Å²) >= 11 is 0. The number of unbranched alkanes of at least 4 members (excludes halogenated alkanes) is 28. The first-order chi connectivity index (χ1) is 40.5. The van der Waals surface area contributed by atoms with Crippen LogP contribution in [-0.2, 0) is 28.6 Å². The summed E-state index contributed by atoms with van der Waals surface area (Å²) in [6.07, 6.45) is 97.5. The molecule has 0 amide bonds. The zero-order valence-electron chi connectivity index (χ0n) is 53.5. The highest BCUT2D eigenvalue weighted by atomic mass is 16.6. The van der Waals surface area contributed by atoms with Crippen LogP contribution in [0.2, 0.25) is 0 Å². The fourth-order valence-corrected chi connectivity index (χ4v) is 9.26. The first-order valence-electron chi connectivity index (χ1n) is 34.2. The van der Waals surface area contributed by atoms with Gasteiger partial charge in [-0.1, -0.05) is 289 Å². The van der Waals surface area contributed by atoms with Gasteiger partial charge in [-0.2, -0.15) is 0 Å². The average Bonchev–Trinajstić information content (AvgIpc) is 3.47. The maximum Gasteiger partial charge on any atom is 0.306 e. The summed E-state index contributed by atoms with van der Waals surface area (Å²) in [5.41, 5.74) is 0. The van der Waals surface area contributed by atoms with Gasteiger partial charge in [0.2, 0.25) is 0 Å². The Balaban J connectivity index is 4.27. The molecule has 0 fully saturated rings. The van der Waals surface area contributed by atoms with Crippen LogP contribution < -0.4 is 0 Å². The molecule has 1 unspecified atom stereocenters. The third-order valence-corrected chi connectivity index (χ3v) is 14.3. The van der Waals surface area contributed by atoms with E-state index in [4.69, 9.17) is 14.2 Å². The van der Waals surface area contributed by atoms with Crippen LogP contribution in [0.25, 0.3) is 0 Å². The molecule has 0 aromatic heterocycles. The van der Waals surface area contributed by atoms with Gasteiger partial charge in [-0.3, -0.25) is 14.4 Å². The minimum Gasteiger partial charge on any atom is -0.462 e. The second kappa shape index (κ2) is 69.0. The molecular formula is C76H126O6. The van der Waals surface area contributed by atoms with Gasteiger partial charge in [0.1, 0.15) is 13.2 Å². The molecule has 0 aliphatic carbocycles. The van der Waals surface area contributed by atoms with E-state index in [1.807, 2.05) is 0 Å². The Hall–Kier alpha value is -4.45. The van der Waals surface area contributed by atoms with Gasteiger partial charge in [0.05, 0.1) is 0 Å². The molecule has 0 heterocycles. The van der Waals surface area contributed by atoms with Crippen LogP contribution >= 0.6 is 0 Å². The molecule has 0 N–H and O–H groups in total. The molecule has 1 atom stereocenters. The second-order valence-corrected chi connectivity index (χ2v) is 22.3. The normalized spacial score (nSPS) is 13.0. The number of carbonyl (C=O) groups excluding carboxylic acids is 3. The Morgan fingerprint density at radius 2 is 0.500 bits per heavy atom. The predicted octanol–water partition coefficient (Wildman–Crippen LogP) is 23.7. The maximum atomic E-state index is 12.9. The minimum atomic E-state index is -0.794. The molecule has 0 bridgehead atoms. The lowest BCUT2D eigenvalue weighted by Crippen LogP contribution is -2.30. The van der Waals surface area contributed by atoms with Crippen LogP contribution in [0.4, 0.5) is 0 Å². The third-order valence-electron chi connectivity index (χ3n) is 14.3. The monoisotopic (exact) mass is 1130 g/mol. The number of hydrogen-bond acceptors (Lipinski definition) is 6. The quantitative estimate of drug-likeness (QED) is 0.0261. The van der Waals surface area contributed by atoms with Gasteiger partial charge in [-0.25, -0.2) is 0 Å². The molecule has 466 valence electrons. The summed E-state index contributed by atoms with van der Waals surface area (Å²) in [5.74, 6) is -0.909. The number of carbonyl (C=O) groups is 3. The van der Waals surface area contributed by atoms with Crippen LogP contribution in [0.15, 0.2) is 134 Å². The van der Waals surface area contributed by atoms with Crippen molar-refractivity contribution in [3.8, 4) is 0 Å². The van der Waals surface area contributed by atoms with E-state index in [1.165, 1.54) is 122 Å². The largest absolute Gasteiger partial charge is 0.462 e. The molecule has 0 saturated heterocycles. The summed E-state index contributed by atoms with van der Waals surface area (Å²) in [4.78, 5) is 38.4. The Morgan fingerprint density at radius 1 is 0.256 bits per heavy atom. The highest BCUT2D eigenvalue weighted by Crippen LogP contribution is 2.16. The van der Waals surface area contributed by atoms with Crippen LogP contribution in [0.1, 0.15) is 310 Å². The molecule has 0 radical (unpaired) electrons. The fourth-order valence-electron chi connectivity index (χ4n) is 9.26. The Kier molecular flexibility index (Phi) is 65.3. The van der Waals surface area contributed by atoms with E-state index in [0.29, 0.717) is 19.3 Å². The van der Waals surface area contributed by atoms with Crippen LogP contribution in [0, 0.1) is 0 Å². The second-order valence-electron chi connectivity index (χ2n) is 22.3. The maximum absolute atomic E-state index is 12.9. The third kappa shape index (κ3) is 66.4. The zero-order valence-corrected chi connectivity index (χ0v) is 53.5. The van der Waals surface area contributed by atoms with Crippen LogP contribution in [0.5, 0.6) is 0 Å². The molecule has 0 aliphatic rings. The van der Waals surface area contributed by atoms with Gasteiger partial charge in [0, 0.05) is 19.3 Å². The minimum absolute atomic E-state index is 0.0892. The van der Waals surface area contributed by atoms with Crippen molar-refractivity contribution in [2.24, 2.45) is 0 Å². The highest BCUT2D eigenvalue weighted by molar-refractivity contribution is 5.71. The summed E-state index contributed by atoms with van der Waals surface area (Å²) in [6, 6.07) is 0. The van der Waals surface area contributed by atoms with E-state index in [1.54, 1.807) is 0 Å². The average molecular weight is 1140 g/mol. The molecule has 0 saturated carbocycles. The SMILES string of the molecule is CC/C=C\C/C=C\C/C=C\C/C=C\C/C=C\C/C=C\C/C=C\CCCCCCCCCCCCCC(=O)OCC(COC(=O)CCCCCCC/C=C\C/C=C\CCC)OC(=O)CCCCCCCCC/C=C\C/C=C\CCCCCC. The molecule has 0 spiro atoms. The van der Waals surface area contributed by atoms with E-state index in [2.05, 4.69) is 154 Å². The molecule has 82 heavy (non-hydrogen) atoms. The molecule has 0 aromatic rings. The molecule has 0 aromatic carbocycles. The molecule has 6 nitrogen and oxygen atoms in total. The Bertz CT molecular complexity index is 1730. The number of allylic oxidation sites excluding steroid dienone is 22. The number of ether oxygens (including phenoxy) is 3. The van der Waals surface area contributed by atoms with Crippen molar-refractivity contribution in [1.29, 1.82) is 0 Å². The van der Waals surface area contributed by atoms with E-state index in [9.17, 15) is 14.4 Å². The zero-order chi connectivity index (χ0) is 59.2. The first kappa shape index (κ1) is 77.5. The smallest absolute Gasteiger partial charge is 0.306 e. The van der Waals surface area contributed by atoms with E-state index >= 15 is 0 Å². The lowest BCUT2D eigenvalue weighted by atomic mass is 10.0. The molecular weight excluding hydrogens is 1010 g/mol. The lowest BCUT2D eigenvalue weighted by Gasteiger charge is -2.18. The summed E-state index contributed by atoms with van der Waals surface area (Å²) < 4.78 is 16.9. The molecule has 0 aliphatic heterocycles. The first-order valence-corrected chi connectivity index (χ1v) is 34.2. The van der Waals surface area contributed by atoms with Gasteiger partial charge in [-0.05, 0) is 135 Å². The van der Waals surface area contributed by atoms with E-state index < -0.39 is 6.10 Å². The number of rotatable bonds is 61. The Morgan fingerprint density at radius 3 is 0.793 bits per heavy atom. The van der Waals surface area contributed by atoms with Crippen molar-refractivity contribution < 1.29 is 28.6 Å². The van der Waals surface area contributed by atoms with Gasteiger partial charge >= 0.3 is 17.9 Å². The number of esters is 3.